The van der Waals surface area contributed by atoms with Crippen LogP contribution in [0.2, 0.25) is 0 Å². The summed E-state index contributed by atoms with van der Waals surface area (Å²) in [6.45, 7) is 2.05. The maximum absolute atomic E-state index is 5.72. The second-order valence-corrected chi connectivity index (χ2v) is 6.12. The molecular formula is C11H14N4S2. The van der Waals surface area contributed by atoms with Gasteiger partial charge in [0.25, 0.3) is 0 Å². The Labute approximate surface area is 109 Å². The number of rotatable bonds is 3. The third-order valence-electron chi connectivity index (χ3n) is 2.17. The predicted octanol–water partition coefficient (Wildman–Crippen LogP) is 2.65. The van der Waals surface area contributed by atoms with Crippen molar-refractivity contribution in [1.29, 1.82) is 0 Å². The summed E-state index contributed by atoms with van der Waals surface area (Å²) in [7, 11) is 3.92. The minimum absolute atomic E-state index is 0.790. The van der Waals surface area contributed by atoms with Crippen LogP contribution in [0.5, 0.6) is 0 Å². The number of benzene rings is 1. The highest BCUT2D eigenvalue weighted by Crippen LogP contribution is 2.34. The Kier molecular flexibility index (Phi) is 3.54. The summed E-state index contributed by atoms with van der Waals surface area (Å²) in [5, 5.41) is 9.18. The van der Waals surface area contributed by atoms with Crippen molar-refractivity contribution in [2.75, 3.05) is 24.7 Å². The average Bonchev–Trinajstić information content (AvgIpc) is 2.71. The molecule has 0 radical (unpaired) electrons. The van der Waals surface area contributed by atoms with Crippen LogP contribution in [0.25, 0.3) is 0 Å². The van der Waals surface area contributed by atoms with Gasteiger partial charge in [-0.25, -0.2) is 0 Å². The van der Waals surface area contributed by atoms with Crippen LogP contribution in [0, 0.1) is 6.92 Å². The smallest absolute Gasteiger partial charge is 0.208 e. The van der Waals surface area contributed by atoms with E-state index in [1.807, 2.05) is 44.1 Å². The van der Waals surface area contributed by atoms with Crippen LogP contribution in [0.4, 0.5) is 10.8 Å². The fourth-order valence-electron chi connectivity index (χ4n) is 1.31. The number of aromatic nitrogens is 2. The van der Waals surface area contributed by atoms with Crippen molar-refractivity contribution < 1.29 is 0 Å². The van der Waals surface area contributed by atoms with Crippen LogP contribution >= 0.6 is 23.1 Å². The lowest BCUT2D eigenvalue weighted by atomic mass is 10.2. The Balaban J connectivity index is 2.19. The zero-order valence-electron chi connectivity index (χ0n) is 9.97. The van der Waals surface area contributed by atoms with Crippen LogP contribution in [0.1, 0.15) is 5.56 Å². The molecule has 0 bridgehead atoms. The van der Waals surface area contributed by atoms with Gasteiger partial charge in [-0.1, -0.05) is 23.1 Å². The van der Waals surface area contributed by atoms with E-state index in [1.165, 1.54) is 4.90 Å². The van der Waals surface area contributed by atoms with E-state index in [9.17, 15) is 0 Å². The van der Waals surface area contributed by atoms with Gasteiger partial charge in [0.05, 0.1) is 0 Å². The van der Waals surface area contributed by atoms with Gasteiger partial charge in [-0.15, -0.1) is 10.2 Å². The monoisotopic (exact) mass is 266 g/mol. The van der Waals surface area contributed by atoms with Gasteiger partial charge >= 0.3 is 0 Å². The molecule has 6 heteroatoms. The molecule has 90 valence electrons. The number of hydrogen-bond donors (Lipinski definition) is 1. The quantitative estimate of drug-likeness (QED) is 0.866. The highest BCUT2D eigenvalue weighted by atomic mass is 32.2. The minimum Gasteiger partial charge on any atom is -0.399 e. The van der Waals surface area contributed by atoms with E-state index in [0.717, 1.165) is 20.7 Å². The van der Waals surface area contributed by atoms with E-state index in [2.05, 4.69) is 10.2 Å². The number of nitrogens with zero attached hydrogens (tertiary/aromatic N) is 3. The van der Waals surface area contributed by atoms with Gasteiger partial charge in [-0.05, 0) is 30.7 Å². The molecule has 0 amide bonds. The summed E-state index contributed by atoms with van der Waals surface area (Å²) in [4.78, 5) is 3.12. The molecule has 4 nitrogen and oxygen atoms in total. The molecule has 0 saturated carbocycles. The lowest BCUT2D eigenvalue weighted by molar-refractivity contribution is 0.972. The van der Waals surface area contributed by atoms with Crippen LogP contribution in [0.3, 0.4) is 0 Å². The molecule has 17 heavy (non-hydrogen) atoms. The molecule has 1 heterocycles. The van der Waals surface area contributed by atoms with E-state index in [1.54, 1.807) is 23.1 Å². The predicted molar refractivity (Wildman–Crippen MR) is 74.0 cm³/mol. The Morgan fingerprint density at radius 3 is 2.65 bits per heavy atom. The largest absolute Gasteiger partial charge is 0.399 e. The van der Waals surface area contributed by atoms with Gasteiger partial charge in [-0.3, -0.25) is 0 Å². The van der Waals surface area contributed by atoms with E-state index in [-0.39, 0.29) is 0 Å². The molecule has 0 saturated heterocycles. The van der Waals surface area contributed by atoms with E-state index >= 15 is 0 Å². The summed E-state index contributed by atoms with van der Waals surface area (Å²) < 4.78 is 0.946. The lowest BCUT2D eigenvalue weighted by Crippen LogP contribution is -2.07. The highest BCUT2D eigenvalue weighted by Gasteiger charge is 2.08. The molecule has 0 aliphatic carbocycles. The lowest BCUT2D eigenvalue weighted by Gasteiger charge is -2.04. The molecule has 2 rings (SSSR count). The zero-order valence-corrected chi connectivity index (χ0v) is 11.6. The number of nitrogen functional groups attached to an aromatic ring is 1. The van der Waals surface area contributed by atoms with Gasteiger partial charge < -0.3 is 10.6 Å². The summed E-state index contributed by atoms with van der Waals surface area (Å²) in [5.74, 6) is 0. The Morgan fingerprint density at radius 1 is 1.29 bits per heavy atom. The Bertz CT molecular complexity index is 522. The first-order chi connectivity index (χ1) is 8.06. The van der Waals surface area contributed by atoms with Crippen molar-refractivity contribution in [3.8, 4) is 0 Å². The molecule has 2 N–H and O–H groups in total. The molecule has 0 aliphatic rings. The number of hydrogen-bond acceptors (Lipinski definition) is 6. The van der Waals surface area contributed by atoms with E-state index in [0.29, 0.717) is 0 Å². The molecule has 2 aromatic rings. The standard InChI is InChI=1S/C11H14N4S2/c1-7-6-8(12)4-5-9(7)16-11-14-13-10(17-11)15(2)3/h4-6H,12H2,1-3H3. The Morgan fingerprint density at radius 2 is 2.06 bits per heavy atom. The number of anilines is 2. The molecular weight excluding hydrogens is 252 g/mol. The summed E-state index contributed by atoms with van der Waals surface area (Å²) in [6, 6.07) is 5.89. The van der Waals surface area contributed by atoms with Gasteiger partial charge in [0.1, 0.15) is 0 Å². The molecule has 0 spiro atoms. The summed E-state index contributed by atoms with van der Waals surface area (Å²) >= 11 is 3.21. The molecule has 0 aliphatic heterocycles. The average molecular weight is 266 g/mol. The SMILES string of the molecule is Cc1cc(N)ccc1Sc1nnc(N(C)C)s1. The van der Waals surface area contributed by atoms with Crippen molar-refractivity contribution in [3.05, 3.63) is 23.8 Å². The second-order valence-electron chi connectivity index (χ2n) is 3.87. The summed E-state index contributed by atoms with van der Waals surface area (Å²) in [6.07, 6.45) is 0. The molecule has 1 aromatic heterocycles. The summed E-state index contributed by atoms with van der Waals surface area (Å²) in [5.41, 5.74) is 7.68. The zero-order chi connectivity index (χ0) is 12.4. The maximum Gasteiger partial charge on any atom is 0.208 e. The molecule has 1 aromatic carbocycles. The van der Waals surface area contributed by atoms with Crippen LogP contribution in [0.15, 0.2) is 27.4 Å². The molecule has 0 atom stereocenters. The van der Waals surface area contributed by atoms with Gasteiger partial charge in [0.2, 0.25) is 5.13 Å². The Hall–Kier alpha value is -1.27. The third-order valence-corrected chi connectivity index (χ3v) is 4.49. The number of aryl methyl sites for hydroxylation is 1. The molecule has 0 fully saturated rings. The first-order valence-corrected chi connectivity index (χ1v) is 6.74. The fourth-order valence-corrected chi connectivity index (χ4v) is 3.09. The van der Waals surface area contributed by atoms with Crippen molar-refractivity contribution >= 4 is 33.9 Å². The van der Waals surface area contributed by atoms with Crippen LogP contribution in [-0.4, -0.2) is 24.3 Å². The second kappa shape index (κ2) is 4.93. The van der Waals surface area contributed by atoms with Crippen molar-refractivity contribution in [2.45, 2.75) is 16.2 Å². The van der Waals surface area contributed by atoms with Crippen LogP contribution in [-0.2, 0) is 0 Å². The molecule has 0 unspecified atom stereocenters. The van der Waals surface area contributed by atoms with Crippen molar-refractivity contribution in [3.63, 3.8) is 0 Å². The highest BCUT2D eigenvalue weighted by molar-refractivity contribution is 8.01. The topological polar surface area (TPSA) is 55.0 Å². The first-order valence-electron chi connectivity index (χ1n) is 5.11. The van der Waals surface area contributed by atoms with Crippen molar-refractivity contribution in [1.82, 2.24) is 10.2 Å². The normalized spacial score (nSPS) is 10.5. The van der Waals surface area contributed by atoms with Gasteiger partial charge in [-0.2, -0.15) is 0 Å². The minimum atomic E-state index is 0.790. The maximum atomic E-state index is 5.72. The van der Waals surface area contributed by atoms with Gasteiger partial charge in [0.15, 0.2) is 4.34 Å². The number of nitrogens with two attached hydrogens (primary N) is 1. The van der Waals surface area contributed by atoms with Crippen molar-refractivity contribution in [2.24, 2.45) is 0 Å². The van der Waals surface area contributed by atoms with E-state index < -0.39 is 0 Å². The van der Waals surface area contributed by atoms with Crippen LogP contribution < -0.4 is 10.6 Å². The third kappa shape index (κ3) is 2.89. The first kappa shape index (κ1) is 12.2. The van der Waals surface area contributed by atoms with E-state index in [4.69, 9.17) is 5.73 Å². The fraction of sp³-hybridized carbons (Fsp3) is 0.273. The van der Waals surface area contributed by atoms with Gasteiger partial charge in [0, 0.05) is 24.7 Å².